The normalized spacial score (nSPS) is 11.3. The minimum Gasteiger partial charge on any atom is -0.339 e. The van der Waals surface area contributed by atoms with Gasteiger partial charge in [0.1, 0.15) is 5.82 Å². The molecule has 0 atom stereocenters. The van der Waals surface area contributed by atoms with E-state index >= 15 is 0 Å². The summed E-state index contributed by atoms with van der Waals surface area (Å²) in [6.45, 7) is 3.54. The molecule has 0 saturated heterocycles. The van der Waals surface area contributed by atoms with Crippen LogP contribution in [0.25, 0.3) is 11.4 Å². The Morgan fingerprint density at radius 2 is 1.84 bits per heavy atom. The van der Waals surface area contributed by atoms with Crippen LogP contribution in [0, 0.1) is 12.7 Å². The van der Waals surface area contributed by atoms with E-state index in [-0.39, 0.29) is 23.9 Å². The SMILES string of the molecule is CCCS(=O)(=O)Nc1cccc(NC(=O)CCCc2nc(-c3ccc(F)cc3)no2)c1C. The molecule has 2 aromatic carbocycles. The molecule has 0 unspecified atom stereocenters. The molecule has 0 fully saturated rings. The van der Waals surface area contributed by atoms with Gasteiger partial charge in [-0.15, -0.1) is 0 Å². The van der Waals surface area contributed by atoms with E-state index < -0.39 is 10.0 Å². The minimum absolute atomic E-state index is 0.0293. The van der Waals surface area contributed by atoms with Crippen LogP contribution >= 0.6 is 0 Å². The van der Waals surface area contributed by atoms with Crippen LogP contribution in [0.1, 0.15) is 37.6 Å². The Morgan fingerprint density at radius 3 is 2.56 bits per heavy atom. The third-order valence-electron chi connectivity index (χ3n) is 4.71. The fourth-order valence-electron chi connectivity index (χ4n) is 3.05. The first-order valence-electron chi connectivity index (χ1n) is 10.3. The van der Waals surface area contributed by atoms with Crippen LogP contribution in [0.4, 0.5) is 15.8 Å². The first kappa shape index (κ1) is 23.4. The van der Waals surface area contributed by atoms with Gasteiger partial charge in [0.2, 0.25) is 27.6 Å². The lowest BCUT2D eigenvalue weighted by Crippen LogP contribution is -2.18. The van der Waals surface area contributed by atoms with Crippen LogP contribution in [0.5, 0.6) is 0 Å². The van der Waals surface area contributed by atoms with Crippen LogP contribution in [0.3, 0.4) is 0 Å². The second-order valence-corrected chi connectivity index (χ2v) is 9.16. The second kappa shape index (κ2) is 10.4. The molecular formula is C22H25FN4O4S. The zero-order valence-corrected chi connectivity index (χ0v) is 18.7. The molecule has 0 aliphatic heterocycles. The van der Waals surface area contributed by atoms with Gasteiger partial charge in [-0.1, -0.05) is 18.1 Å². The third-order valence-corrected chi connectivity index (χ3v) is 6.19. The van der Waals surface area contributed by atoms with E-state index in [1.807, 2.05) is 0 Å². The summed E-state index contributed by atoms with van der Waals surface area (Å²) in [5.41, 5.74) is 2.27. The van der Waals surface area contributed by atoms with Crippen LogP contribution in [0.15, 0.2) is 47.0 Å². The molecule has 1 heterocycles. The van der Waals surface area contributed by atoms with Crippen LogP contribution in [-0.4, -0.2) is 30.2 Å². The first-order valence-corrected chi connectivity index (χ1v) is 11.9. The summed E-state index contributed by atoms with van der Waals surface area (Å²) in [6.07, 6.45) is 1.63. The summed E-state index contributed by atoms with van der Waals surface area (Å²) in [6, 6.07) is 10.8. The molecule has 3 rings (SSSR count). The van der Waals surface area contributed by atoms with Crippen molar-refractivity contribution in [3.63, 3.8) is 0 Å². The molecule has 170 valence electrons. The lowest BCUT2D eigenvalue weighted by molar-refractivity contribution is -0.116. The molecule has 0 saturated carbocycles. The Labute approximate surface area is 186 Å². The first-order chi connectivity index (χ1) is 15.3. The van der Waals surface area contributed by atoms with Gasteiger partial charge in [-0.3, -0.25) is 9.52 Å². The van der Waals surface area contributed by atoms with Crippen molar-refractivity contribution >= 4 is 27.3 Å². The number of sulfonamides is 1. The maximum atomic E-state index is 13.0. The number of aromatic nitrogens is 2. The minimum atomic E-state index is -3.42. The van der Waals surface area contributed by atoms with E-state index in [4.69, 9.17) is 4.52 Å². The van der Waals surface area contributed by atoms with E-state index in [2.05, 4.69) is 20.2 Å². The molecule has 8 nitrogen and oxygen atoms in total. The van der Waals surface area contributed by atoms with Gasteiger partial charge in [0.15, 0.2) is 0 Å². The molecule has 0 aliphatic rings. The number of amides is 1. The van der Waals surface area contributed by atoms with Crippen molar-refractivity contribution in [2.24, 2.45) is 0 Å². The van der Waals surface area contributed by atoms with Crippen molar-refractivity contribution in [1.29, 1.82) is 0 Å². The number of hydrogen-bond donors (Lipinski definition) is 2. The molecule has 1 aromatic heterocycles. The highest BCUT2D eigenvalue weighted by Crippen LogP contribution is 2.25. The topological polar surface area (TPSA) is 114 Å². The van der Waals surface area contributed by atoms with Crippen LogP contribution in [0.2, 0.25) is 0 Å². The highest BCUT2D eigenvalue weighted by atomic mass is 32.2. The van der Waals surface area contributed by atoms with Gasteiger partial charge < -0.3 is 9.84 Å². The molecule has 10 heteroatoms. The van der Waals surface area contributed by atoms with Crippen molar-refractivity contribution in [2.45, 2.75) is 39.5 Å². The van der Waals surface area contributed by atoms with Crippen molar-refractivity contribution < 1.29 is 22.1 Å². The summed E-state index contributed by atoms with van der Waals surface area (Å²) in [5, 5.41) is 6.70. The Morgan fingerprint density at radius 1 is 1.12 bits per heavy atom. The van der Waals surface area contributed by atoms with Gasteiger partial charge in [0, 0.05) is 24.1 Å². The molecule has 3 aromatic rings. The van der Waals surface area contributed by atoms with E-state index in [9.17, 15) is 17.6 Å². The highest BCUT2D eigenvalue weighted by Gasteiger charge is 2.14. The quantitative estimate of drug-likeness (QED) is 0.466. The average molecular weight is 461 g/mol. The van der Waals surface area contributed by atoms with E-state index in [0.29, 0.717) is 53.5 Å². The third kappa shape index (κ3) is 6.36. The van der Waals surface area contributed by atoms with Gasteiger partial charge in [-0.25, -0.2) is 12.8 Å². The van der Waals surface area contributed by atoms with Crippen molar-refractivity contribution in [2.75, 3.05) is 15.8 Å². The Bertz CT molecular complexity index is 1180. The molecule has 2 N–H and O–H groups in total. The maximum absolute atomic E-state index is 13.0. The molecular weight excluding hydrogens is 435 g/mol. The van der Waals surface area contributed by atoms with Gasteiger partial charge in [0.05, 0.1) is 11.4 Å². The summed E-state index contributed by atoms with van der Waals surface area (Å²) in [7, 11) is -3.42. The second-order valence-electron chi connectivity index (χ2n) is 7.32. The zero-order chi connectivity index (χ0) is 23.1. The Hall–Kier alpha value is -3.27. The largest absolute Gasteiger partial charge is 0.339 e. The zero-order valence-electron chi connectivity index (χ0n) is 17.9. The molecule has 0 radical (unpaired) electrons. The van der Waals surface area contributed by atoms with Gasteiger partial charge in [-0.05, 0) is 61.7 Å². The number of benzene rings is 2. The predicted molar refractivity (Wildman–Crippen MR) is 120 cm³/mol. The summed E-state index contributed by atoms with van der Waals surface area (Å²) >= 11 is 0. The monoisotopic (exact) mass is 460 g/mol. The number of rotatable bonds is 10. The number of anilines is 2. The summed E-state index contributed by atoms with van der Waals surface area (Å²) < 4.78 is 44.8. The van der Waals surface area contributed by atoms with Crippen molar-refractivity contribution in [3.05, 3.63) is 59.7 Å². The number of nitrogens with one attached hydrogen (secondary N) is 2. The summed E-state index contributed by atoms with van der Waals surface area (Å²) in [4.78, 5) is 16.6. The molecule has 32 heavy (non-hydrogen) atoms. The number of aryl methyl sites for hydroxylation is 1. The molecule has 0 aliphatic carbocycles. The fourth-order valence-corrected chi connectivity index (χ4v) is 4.25. The lowest BCUT2D eigenvalue weighted by atomic mass is 10.1. The van der Waals surface area contributed by atoms with Crippen molar-refractivity contribution in [1.82, 2.24) is 10.1 Å². The fraction of sp³-hybridized carbons (Fsp3) is 0.318. The number of carbonyl (C=O) groups is 1. The average Bonchev–Trinajstić information content (AvgIpc) is 3.20. The Kier molecular flexibility index (Phi) is 7.57. The Balaban J connectivity index is 1.53. The van der Waals surface area contributed by atoms with Crippen LogP contribution in [-0.2, 0) is 21.2 Å². The number of hydrogen-bond acceptors (Lipinski definition) is 6. The molecule has 0 spiro atoms. The van der Waals surface area contributed by atoms with Gasteiger partial charge in [-0.2, -0.15) is 4.98 Å². The maximum Gasteiger partial charge on any atom is 0.232 e. The van der Waals surface area contributed by atoms with Crippen molar-refractivity contribution in [3.8, 4) is 11.4 Å². The van der Waals surface area contributed by atoms with Gasteiger partial charge >= 0.3 is 0 Å². The number of halogens is 1. The highest BCUT2D eigenvalue weighted by molar-refractivity contribution is 7.92. The molecule has 0 bridgehead atoms. The number of nitrogens with zero attached hydrogens (tertiary/aromatic N) is 2. The summed E-state index contributed by atoms with van der Waals surface area (Å²) in [5.74, 6) is 0.229. The van der Waals surface area contributed by atoms with Crippen LogP contribution < -0.4 is 10.0 Å². The van der Waals surface area contributed by atoms with E-state index in [0.717, 1.165) is 0 Å². The lowest BCUT2D eigenvalue weighted by Gasteiger charge is -2.14. The predicted octanol–water partition coefficient (Wildman–Crippen LogP) is 4.30. The van der Waals surface area contributed by atoms with E-state index in [1.165, 1.54) is 12.1 Å². The smallest absolute Gasteiger partial charge is 0.232 e. The number of carbonyl (C=O) groups excluding carboxylic acids is 1. The van der Waals surface area contributed by atoms with Gasteiger partial charge in [0.25, 0.3) is 0 Å². The standard InChI is InChI=1S/C22H25FN4O4S/c1-3-14-32(29,30)27-19-7-4-6-18(15(19)2)24-20(28)8-5-9-21-25-22(26-31-21)16-10-12-17(23)13-11-16/h4,6-7,10-13,27H,3,5,8-9,14H2,1-2H3,(H,24,28). The van der Waals surface area contributed by atoms with E-state index in [1.54, 1.807) is 44.2 Å². The molecule has 1 amide bonds.